The third-order valence-electron chi connectivity index (χ3n) is 8.49. The normalized spacial score (nSPS) is 30.0. The van der Waals surface area contributed by atoms with Crippen LogP contribution in [0.25, 0.3) is 0 Å². The molecule has 7 rings (SSSR count). The maximum atomic E-state index is 2.40. The Morgan fingerprint density at radius 2 is 0.800 bits per heavy atom. The van der Waals surface area contributed by atoms with Crippen molar-refractivity contribution in [1.29, 1.82) is 0 Å². The molecule has 0 unspecified atom stereocenters. The van der Waals surface area contributed by atoms with E-state index in [4.69, 9.17) is 0 Å². The molecule has 0 saturated heterocycles. The Morgan fingerprint density at radius 1 is 0.433 bits per heavy atom. The third kappa shape index (κ3) is 1.76. The summed E-state index contributed by atoms with van der Waals surface area (Å²) in [5.41, 5.74) is 9.51. The summed E-state index contributed by atoms with van der Waals surface area (Å²) in [5.74, 6) is 1.08. The Morgan fingerprint density at radius 3 is 1.23 bits per heavy atom. The molecule has 0 aromatic heterocycles. The van der Waals surface area contributed by atoms with Crippen LogP contribution in [-0.2, 0) is 23.7 Å². The van der Waals surface area contributed by atoms with E-state index in [-0.39, 0.29) is 10.8 Å². The third-order valence-corrected chi connectivity index (χ3v) is 8.49. The molecule has 1 fully saturated rings. The molecule has 0 heterocycles. The highest BCUT2D eigenvalue weighted by molar-refractivity contribution is 5.67. The van der Waals surface area contributed by atoms with Crippen molar-refractivity contribution in [2.75, 3.05) is 0 Å². The van der Waals surface area contributed by atoms with Crippen LogP contribution >= 0.6 is 0 Å². The molecule has 0 amide bonds. The van der Waals surface area contributed by atoms with Gasteiger partial charge in [-0.15, -0.1) is 0 Å². The van der Waals surface area contributed by atoms with E-state index >= 15 is 0 Å². The summed E-state index contributed by atoms with van der Waals surface area (Å²) < 4.78 is 0. The standard InChI is InChI=1S/C30H24/c1-3-13-23(14-4-1)29-19-21-11-7-9-17-25(21)27(29)28-26-18-10-8-12-22(26)20-30(28,29)24-15-5-2-6-16-24/h1-18,27-28H,19-20H2/t27-,28-,29+,30+/m1/s1. The van der Waals surface area contributed by atoms with Crippen LogP contribution in [0.2, 0.25) is 0 Å². The zero-order valence-corrected chi connectivity index (χ0v) is 17.0. The van der Waals surface area contributed by atoms with Gasteiger partial charge >= 0.3 is 0 Å². The van der Waals surface area contributed by atoms with E-state index in [1.807, 2.05) is 0 Å². The Labute approximate surface area is 178 Å². The second kappa shape index (κ2) is 5.73. The van der Waals surface area contributed by atoms with Crippen LogP contribution in [0.15, 0.2) is 109 Å². The molecule has 4 atom stereocenters. The van der Waals surface area contributed by atoms with Gasteiger partial charge in [-0.25, -0.2) is 0 Å². The van der Waals surface area contributed by atoms with Gasteiger partial charge in [-0.3, -0.25) is 0 Å². The molecule has 0 radical (unpaired) electrons. The smallest absolute Gasteiger partial charge is 0.0174 e. The van der Waals surface area contributed by atoms with Gasteiger partial charge in [0.05, 0.1) is 0 Å². The Kier molecular flexibility index (Phi) is 3.18. The molecule has 3 aliphatic rings. The second-order valence-corrected chi connectivity index (χ2v) is 9.38. The van der Waals surface area contributed by atoms with Crippen molar-refractivity contribution in [2.24, 2.45) is 0 Å². The fourth-order valence-corrected chi connectivity index (χ4v) is 7.60. The van der Waals surface area contributed by atoms with Crippen LogP contribution in [0.1, 0.15) is 45.2 Å². The van der Waals surface area contributed by atoms with Gasteiger partial charge < -0.3 is 0 Å². The highest BCUT2D eigenvalue weighted by atomic mass is 14.8. The van der Waals surface area contributed by atoms with E-state index in [1.54, 1.807) is 22.3 Å². The van der Waals surface area contributed by atoms with Crippen molar-refractivity contribution in [1.82, 2.24) is 0 Å². The van der Waals surface area contributed by atoms with E-state index in [1.165, 1.54) is 11.1 Å². The van der Waals surface area contributed by atoms with E-state index in [2.05, 4.69) is 109 Å². The average Bonchev–Trinajstić information content (AvgIpc) is 3.28. The quantitative estimate of drug-likeness (QED) is 0.367. The minimum absolute atomic E-state index is 0.114. The minimum atomic E-state index is 0.114. The Hall–Kier alpha value is -3.12. The first-order valence-corrected chi connectivity index (χ1v) is 11.1. The maximum Gasteiger partial charge on any atom is 0.0174 e. The predicted octanol–water partition coefficient (Wildman–Crippen LogP) is 6.56. The number of hydrogen-bond acceptors (Lipinski definition) is 0. The van der Waals surface area contributed by atoms with Gasteiger partial charge in [-0.2, -0.15) is 0 Å². The lowest BCUT2D eigenvalue weighted by Gasteiger charge is -2.66. The summed E-state index contributed by atoms with van der Waals surface area (Å²) in [6.45, 7) is 0. The topological polar surface area (TPSA) is 0 Å². The molecule has 144 valence electrons. The van der Waals surface area contributed by atoms with Gasteiger partial charge in [0, 0.05) is 22.7 Å². The summed E-state index contributed by atoms with van der Waals surface area (Å²) >= 11 is 0. The molecule has 0 N–H and O–H groups in total. The van der Waals surface area contributed by atoms with Crippen molar-refractivity contribution in [3.63, 3.8) is 0 Å². The minimum Gasteiger partial charge on any atom is -0.0622 e. The Bertz CT molecular complexity index is 1150. The molecule has 4 aromatic carbocycles. The van der Waals surface area contributed by atoms with Gasteiger partial charge in [-0.05, 0) is 46.2 Å². The van der Waals surface area contributed by atoms with Crippen LogP contribution < -0.4 is 0 Å². The first-order valence-electron chi connectivity index (χ1n) is 11.1. The Balaban J connectivity index is 1.58. The SMILES string of the molecule is c1ccc([C@@]23Cc4ccccc4[C@@H]2[C@H]2c4ccccc4C[C@]23c2ccccc2)cc1. The van der Waals surface area contributed by atoms with Crippen LogP contribution in [0.3, 0.4) is 0 Å². The van der Waals surface area contributed by atoms with Gasteiger partial charge in [0.15, 0.2) is 0 Å². The number of fused-ring (bicyclic) bond motifs is 8. The molecule has 4 aromatic rings. The number of hydrogen-bond donors (Lipinski definition) is 0. The summed E-state index contributed by atoms with van der Waals surface area (Å²) in [4.78, 5) is 0. The summed E-state index contributed by atoms with van der Waals surface area (Å²) in [6.07, 6.45) is 2.27. The molecule has 0 nitrogen and oxygen atoms in total. The number of rotatable bonds is 2. The largest absolute Gasteiger partial charge is 0.0622 e. The number of benzene rings is 4. The fraction of sp³-hybridized carbons (Fsp3) is 0.200. The molecule has 1 saturated carbocycles. The molecule has 0 bridgehead atoms. The molecular formula is C30H24. The maximum absolute atomic E-state index is 2.40. The summed E-state index contributed by atoms with van der Waals surface area (Å²) in [5, 5.41) is 0. The predicted molar refractivity (Wildman–Crippen MR) is 122 cm³/mol. The molecule has 0 heteroatoms. The summed E-state index contributed by atoms with van der Waals surface area (Å²) in [6, 6.07) is 41.3. The molecule has 0 aliphatic heterocycles. The lowest BCUT2D eigenvalue weighted by molar-refractivity contribution is 0.0277. The average molecular weight is 385 g/mol. The van der Waals surface area contributed by atoms with Crippen LogP contribution in [0.5, 0.6) is 0 Å². The zero-order valence-electron chi connectivity index (χ0n) is 17.0. The van der Waals surface area contributed by atoms with Crippen molar-refractivity contribution in [3.8, 4) is 0 Å². The van der Waals surface area contributed by atoms with Crippen LogP contribution in [-0.4, -0.2) is 0 Å². The highest BCUT2D eigenvalue weighted by Crippen LogP contribution is 2.80. The van der Waals surface area contributed by atoms with Crippen LogP contribution in [0.4, 0.5) is 0 Å². The van der Waals surface area contributed by atoms with Crippen molar-refractivity contribution in [2.45, 2.75) is 35.5 Å². The van der Waals surface area contributed by atoms with E-state index in [0.717, 1.165) is 12.8 Å². The van der Waals surface area contributed by atoms with Crippen LogP contribution in [0, 0.1) is 0 Å². The molecular weight excluding hydrogens is 360 g/mol. The monoisotopic (exact) mass is 384 g/mol. The van der Waals surface area contributed by atoms with Crippen molar-refractivity contribution < 1.29 is 0 Å². The molecule has 0 spiro atoms. The lowest BCUT2D eigenvalue weighted by atomic mass is 9.35. The van der Waals surface area contributed by atoms with E-state index < -0.39 is 0 Å². The van der Waals surface area contributed by atoms with Gasteiger partial charge in [-0.1, -0.05) is 109 Å². The first kappa shape index (κ1) is 16.7. The van der Waals surface area contributed by atoms with Gasteiger partial charge in [0.2, 0.25) is 0 Å². The van der Waals surface area contributed by atoms with Gasteiger partial charge in [0.1, 0.15) is 0 Å². The van der Waals surface area contributed by atoms with E-state index in [0.29, 0.717) is 11.8 Å². The van der Waals surface area contributed by atoms with Crippen molar-refractivity contribution in [3.05, 3.63) is 143 Å². The van der Waals surface area contributed by atoms with E-state index in [9.17, 15) is 0 Å². The highest BCUT2D eigenvalue weighted by Gasteiger charge is 2.77. The molecule has 3 aliphatic carbocycles. The lowest BCUT2D eigenvalue weighted by Crippen LogP contribution is -2.66. The first-order chi connectivity index (χ1) is 14.9. The van der Waals surface area contributed by atoms with Crippen molar-refractivity contribution >= 4 is 0 Å². The molecule has 30 heavy (non-hydrogen) atoms. The zero-order chi connectivity index (χ0) is 19.8. The fourth-order valence-electron chi connectivity index (χ4n) is 7.60. The summed E-state index contributed by atoms with van der Waals surface area (Å²) in [7, 11) is 0. The van der Waals surface area contributed by atoms with Gasteiger partial charge in [0.25, 0.3) is 0 Å². The second-order valence-electron chi connectivity index (χ2n) is 9.38.